The third-order valence-electron chi connectivity index (χ3n) is 15.5. The van der Waals surface area contributed by atoms with Gasteiger partial charge in [-0.25, -0.2) is 9.37 Å². The van der Waals surface area contributed by atoms with E-state index < -0.39 is 35.5 Å². The van der Waals surface area contributed by atoms with E-state index in [0.717, 1.165) is 74.5 Å². The van der Waals surface area contributed by atoms with Gasteiger partial charge < -0.3 is 46.3 Å². The second kappa shape index (κ2) is 26.0. The molecule has 18 nitrogen and oxygen atoms in total. The predicted octanol–water partition coefficient (Wildman–Crippen LogP) is 7.78. The monoisotopic (exact) mass is 1090 g/mol. The number of carbonyl (C=O) groups excluding carboxylic acids is 5. The first kappa shape index (κ1) is 58.3. The first-order valence-corrected chi connectivity index (χ1v) is 28.0. The number of nitriles is 1. The number of hydrogen-bond acceptors (Lipinski definition) is 12. The van der Waals surface area contributed by atoms with Gasteiger partial charge in [-0.15, -0.1) is 0 Å². The number of unbranched alkanes of at least 4 members (excludes halogenated alkanes) is 5. The van der Waals surface area contributed by atoms with E-state index in [1.807, 2.05) is 51.1 Å². The summed E-state index contributed by atoms with van der Waals surface area (Å²) >= 11 is 0. The molecule has 8 rings (SSSR count). The number of nitrogens with zero attached hydrogens (tertiary/aromatic N) is 6. The van der Waals surface area contributed by atoms with Gasteiger partial charge in [-0.05, 0) is 117 Å². The molecule has 6 N–H and O–H groups in total. The molecule has 0 unspecified atom stereocenters. The van der Waals surface area contributed by atoms with Gasteiger partial charge in [-0.3, -0.25) is 28.7 Å². The average Bonchev–Trinajstić information content (AvgIpc) is 3.79. The Bertz CT molecular complexity index is 3130. The maximum absolute atomic E-state index is 14.8. The van der Waals surface area contributed by atoms with E-state index in [4.69, 9.17) is 20.3 Å². The number of halogens is 1. The van der Waals surface area contributed by atoms with Crippen LogP contribution in [0.1, 0.15) is 154 Å². The van der Waals surface area contributed by atoms with Crippen LogP contribution in [0, 0.1) is 22.6 Å². The minimum atomic E-state index is -0.883. The maximum atomic E-state index is 14.8. The summed E-state index contributed by atoms with van der Waals surface area (Å²) in [5.74, 6) is -0.851. The molecule has 5 aromatic rings. The lowest BCUT2D eigenvalue weighted by molar-refractivity contribution is -0.147. The van der Waals surface area contributed by atoms with Crippen molar-refractivity contribution in [1.29, 1.82) is 5.26 Å². The van der Waals surface area contributed by atoms with E-state index in [1.54, 1.807) is 38.9 Å². The largest absolute Gasteiger partial charge is 0.494 e. The number of aromatic nitrogens is 3. The molecule has 0 saturated heterocycles. The second-order valence-electron chi connectivity index (χ2n) is 22.4. The zero-order valence-corrected chi connectivity index (χ0v) is 47.1. The lowest BCUT2D eigenvalue weighted by atomic mass is 9.83. The summed E-state index contributed by atoms with van der Waals surface area (Å²) in [6.45, 7) is 10.3. The number of carbonyl (C=O) groups is 5. The van der Waals surface area contributed by atoms with E-state index >= 15 is 0 Å². The number of hydrogen-bond donors (Lipinski definition) is 5. The highest BCUT2D eigenvalue weighted by Gasteiger charge is 2.43. The second-order valence-corrected chi connectivity index (χ2v) is 22.4. The predicted molar refractivity (Wildman–Crippen MR) is 301 cm³/mol. The molecular formula is C61H76FN11O7. The minimum absolute atomic E-state index is 0.0281. The fraction of sp³-hybridized carbons (Fsp3) is 0.475. The summed E-state index contributed by atoms with van der Waals surface area (Å²) in [5.41, 5.74) is 12.0. The highest BCUT2D eigenvalue weighted by atomic mass is 19.1. The van der Waals surface area contributed by atoms with Crippen molar-refractivity contribution in [3.05, 3.63) is 124 Å². The number of amides is 5. The van der Waals surface area contributed by atoms with Crippen LogP contribution in [0.4, 0.5) is 10.2 Å². The normalized spacial score (nSPS) is 17.6. The zero-order chi connectivity index (χ0) is 57.3. The van der Waals surface area contributed by atoms with Gasteiger partial charge >= 0.3 is 0 Å². The van der Waals surface area contributed by atoms with Crippen molar-refractivity contribution in [3.63, 3.8) is 0 Å². The SMILES string of the molecule is CN[C@H](C)C(=O)N[C@@H](C(=O)N1Cc2cc(OCCCCCCCCC(=O)NCCn3nc4c(c3C#N)-c3cnc(N)c(c3)O[C@H](C)c3cc(F)ccc3C(=O)N(C)C4)ccc2C[C@@H]1C(=O)N[C@H]1CCCc2ccccc21)C(C)(C)C. The topological polar surface area (TPSA) is 239 Å². The van der Waals surface area contributed by atoms with Crippen LogP contribution in [0.3, 0.4) is 0 Å². The molecule has 80 heavy (non-hydrogen) atoms. The summed E-state index contributed by atoms with van der Waals surface area (Å²) in [6, 6.07) is 19.6. The number of nitrogens with two attached hydrogens (primary N) is 1. The van der Waals surface area contributed by atoms with E-state index in [1.165, 1.54) is 39.5 Å². The van der Waals surface area contributed by atoms with Crippen LogP contribution in [0.5, 0.6) is 11.5 Å². The van der Waals surface area contributed by atoms with Gasteiger partial charge in [0.15, 0.2) is 11.6 Å². The Labute approximate surface area is 468 Å². The molecule has 1 aliphatic carbocycles. The van der Waals surface area contributed by atoms with Crippen LogP contribution >= 0.6 is 0 Å². The smallest absolute Gasteiger partial charge is 0.254 e. The molecule has 5 amide bonds. The number of aryl methyl sites for hydroxylation is 1. The molecule has 3 aromatic carbocycles. The fourth-order valence-corrected chi connectivity index (χ4v) is 10.9. The van der Waals surface area contributed by atoms with Gasteiger partial charge in [0.05, 0.1) is 37.5 Å². The summed E-state index contributed by atoms with van der Waals surface area (Å²) in [6.07, 6.45) is 9.47. The van der Waals surface area contributed by atoms with Crippen LogP contribution in [-0.2, 0) is 51.7 Å². The molecule has 2 aromatic heterocycles. The number of nitrogens with one attached hydrogen (secondary N) is 4. The molecule has 0 fully saturated rings. The molecule has 4 heterocycles. The van der Waals surface area contributed by atoms with Crippen LogP contribution < -0.4 is 36.5 Å². The van der Waals surface area contributed by atoms with Crippen molar-refractivity contribution in [2.45, 2.75) is 155 Å². The van der Waals surface area contributed by atoms with Crippen molar-refractivity contribution < 1.29 is 37.8 Å². The average molecular weight is 1090 g/mol. The number of anilines is 1. The molecule has 19 heteroatoms. The number of pyridine rings is 1. The molecule has 5 atom stereocenters. The molecule has 2 bridgehead atoms. The van der Waals surface area contributed by atoms with Gasteiger partial charge in [0.2, 0.25) is 23.6 Å². The molecular weight excluding hydrogens is 1020 g/mol. The van der Waals surface area contributed by atoms with Gasteiger partial charge in [0.1, 0.15) is 41.5 Å². The highest BCUT2D eigenvalue weighted by molar-refractivity contribution is 5.96. The number of benzene rings is 3. The van der Waals surface area contributed by atoms with Crippen LogP contribution in [0.15, 0.2) is 72.9 Å². The van der Waals surface area contributed by atoms with E-state index in [-0.39, 0.29) is 84.6 Å². The number of nitrogen functional groups attached to an aromatic ring is 1. The van der Waals surface area contributed by atoms with Crippen molar-refractivity contribution in [1.82, 2.24) is 45.8 Å². The fourth-order valence-electron chi connectivity index (χ4n) is 10.9. The number of ether oxygens (including phenoxy) is 2. The summed E-state index contributed by atoms with van der Waals surface area (Å²) in [4.78, 5) is 76.5. The Morgan fingerprint density at radius 2 is 1.73 bits per heavy atom. The Morgan fingerprint density at radius 1 is 0.963 bits per heavy atom. The molecule has 424 valence electrons. The molecule has 0 radical (unpaired) electrons. The first-order chi connectivity index (χ1) is 38.3. The number of likely N-dealkylation sites (N-methyl/N-ethyl adjacent to an activating group) is 1. The molecule has 3 aliphatic rings. The number of fused-ring (bicyclic) bond motifs is 7. The summed E-state index contributed by atoms with van der Waals surface area (Å²) in [7, 11) is 3.30. The minimum Gasteiger partial charge on any atom is -0.494 e. The van der Waals surface area contributed by atoms with Crippen molar-refractivity contribution >= 4 is 35.4 Å². The first-order valence-electron chi connectivity index (χ1n) is 28.0. The highest BCUT2D eigenvalue weighted by Crippen LogP contribution is 2.37. The van der Waals surface area contributed by atoms with Gasteiger partial charge in [-0.2, -0.15) is 10.4 Å². The molecule has 0 saturated carbocycles. The zero-order valence-electron chi connectivity index (χ0n) is 47.1. The lowest BCUT2D eigenvalue weighted by Crippen LogP contribution is -2.62. The van der Waals surface area contributed by atoms with E-state index in [9.17, 15) is 33.6 Å². The van der Waals surface area contributed by atoms with Gasteiger partial charge in [-0.1, -0.05) is 76.8 Å². The standard InChI is InChI=1S/C61H76FN11O7/c1-37(65-6)57(75)69-55(61(3,4)5)60(78)72-35-42-29-44(24-22-40(42)30-50(72)58(76)68-48-20-16-18-39-17-13-14-19-45(39)48)79-28-15-11-9-8-10-12-21-53(74)66-26-27-73-51(33-63)54-41-31-52(56(64)67-34-41)80-38(2)47-32-43(62)23-25-46(47)59(77)71(7)36-49(54)70-73/h13-14,17,19,22-25,29,31-32,34,37-38,48,50,55,65H,8-12,15-16,18,20-21,26-28,30,35-36H2,1-7H3,(H2,64,67)(H,66,74)(H,68,76)(H,69,75)/t37-,38-,48+,50-,55+/m1/s1. The van der Waals surface area contributed by atoms with Gasteiger partial charge in [0, 0.05) is 61.4 Å². The van der Waals surface area contributed by atoms with Crippen LogP contribution in [0.25, 0.3) is 11.1 Å². The lowest BCUT2D eigenvalue weighted by Gasteiger charge is -2.41. The maximum Gasteiger partial charge on any atom is 0.254 e. The Morgan fingerprint density at radius 3 is 2.49 bits per heavy atom. The third kappa shape index (κ3) is 13.8. The van der Waals surface area contributed by atoms with Crippen molar-refractivity contribution in [2.75, 3.05) is 33.0 Å². The van der Waals surface area contributed by atoms with E-state index in [0.29, 0.717) is 47.6 Å². The van der Waals surface area contributed by atoms with Crippen LogP contribution in [-0.4, -0.2) is 99.5 Å². The summed E-state index contributed by atoms with van der Waals surface area (Å²) in [5, 5.41) is 27.4. The Kier molecular flexibility index (Phi) is 18.9. The molecule has 0 spiro atoms. The third-order valence-corrected chi connectivity index (χ3v) is 15.5. The van der Waals surface area contributed by atoms with Gasteiger partial charge in [0.25, 0.3) is 5.91 Å². The Balaban J connectivity index is 0.808. The van der Waals surface area contributed by atoms with E-state index in [2.05, 4.69) is 44.5 Å². The summed E-state index contributed by atoms with van der Waals surface area (Å²) < 4.78 is 28.4. The number of rotatable bonds is 19. The van der Waals surface area contributed by atoms with Crippen LogP contribution in [0.2, 0.25) is 0 Å². The quantitative estimate of drug-likeness (QED) is 0.0499. The van der Waals surface area contributed by atoms with Crippen molar-refractivity contribution in [3.8, 4) is 28.7 Å². The Hall–Kier alpha value is -7.85. The van der Waals surface area contributed by atoms with Crippen molar-refractivity contribution in [2.24, 2.45) is 5.41 Å². The molecule has 2 aliphatic heterocycles.